The van der Waals surface area contributed by atoms with E-state index in [0.29, 0.717) is 16.5 Å². The van der Waals surface area contributed by atoms with E-state index in [2.05, 4.69) is 5.32 Å². The molecule has 1 N–H and O–H groups in total. The monoisotopic (exact) mass is 283 g/mol. The number of halogens is 2. The summed E-state index contributed by atoms with van der Waals surface area (Å²) in [7, 11) is 0. The quantitative estimate of drug-likeness (QED) is 0.857. The Morgan fingerprint density at radius 3 is 2.78 bits per heavy atom. The fourth-order valence-electron chi connectivity index (χ4n) is 1.49. The maximum atomic E-state index is 11.9. The molecule has 0 aliphatic rings. The summed E-state index contributed by atoms with van der Waals surface area (Å²) in [5.74, 6) is 0.651. The van der Waals surface area contributed by atoms with E-state index in [4.69, 9.17) is 27.6 Å². The summed E-state index contributed by atoms with van der Waals surface area (Å²) in [5, 5.41) is 3.18. The van der Waals surface area contributed by atoms with Crippen molar-refractivity contribution in [3.63, 3.8) is 0 Å². The van der Waals surface area contributed by atoms with Crippen LogP contribution in [0.4, 0.5) is 5.69 Å². The van der Waals surface area contributed by atoms with Crippen molar-refractivity contribution in [3.05, 3.63) is 52.4 Å². The number of nitrogens with one attached hydrogen (secondary N) is 1. The van der Waals surface area contributed by atoms with Crippen molar-refractivity contribution < 1.29 is 9.21 Å². The largest absolute Gasteiger partial charge is 0.455 e. The van der Waals surface area contributed by atoms with E-state index in [1.165, 1.54) is 0 Å². The van der Waals surface area contributed by atoms with Crippen LogP contribution in [0.15, 0.2) is 34.7 Å². The molecule has 3 nitrogen and oxygen atoms in total. The van der Waals surface area contributed by atoms with Crippen molar-refractivity contribution >= 4 is 34.8 Å². The molecule has 1 aromatic heterocycles. The summed E-state index contributed by atoms with van der Waals surface area (Å²) < 4.78 is 5.25. The molecule has 18 heavy (non-hydrogen) atoms. The molecular formula is C13H11Cl2NO2. The molecule has 0 bridgehead atoms. The maximum Gasteiger partial charge on any atom is 0.291 e. The predicted octanol–water partition coefficient (Wildman–Crippen LogP) is 4.23. The second-order valence-electron chi connectivity index (χ2n) is 3.84. The molecule has 0 radical (unpaired) electrons. The van der Waals surface area contributed by atoms with E-state index in [9.17, 15) is 4.79 Å². The van der Waals surface area contributed by atoms with Gasteiger partial charge in [-0.25, -0.2) is 0 Å². The van der Waals surface area contributed by atoms with Crippen LogP contribution in [0.25, 0.3) is 0 Å². The van der Waals surface area contributed by atoms with E-state index < -0.39 is 0 Å². The van der Waals surface area contributed by atoms with Crippen molar-refractivity contribution in [2.75, 3.05) is 5.32 Å². The Labute approximate surface area is 115 Å². The van der Waals surface area contributed by atoms with Gasteiger partial charge in [0.25, 0.3) is 5.91 Å². The van der Waals surface area contributed by atoms with Crippen molar-refractivity contribution in [1.29, 1.82) is 0 Å². The van der Waals surface area contributed by atoms with Crippen molar-refractivity contribution in [2.45, 2.75) is 12.8 Å². The van der Waals surface area contributed by atoms with Gasteiger partial charge in [-0.3, -0.25) is 4.79 Å². The van der Waals surface area contributed by atoms with Gasteiger partial charge in [-0.05, 0) is 36.8 Å². The minimum atomic E-state index is -0.348. The highest BCUT2D eigenvalue weighted by atomic mass is 35.5. The van der Waals surface area contributed by atoms with E-state index in [0.717, 1.165) is 5.56 Å². The third-order valence-electron chi connectivity index (χ3n) is 2.39. The number of hydrogen-bond acceptors (Lipinski definition) is 2. The van der Waals surface area contributed by atoms with Crippen LogP contribution in [0.1, 0.15) is 21.9 Å². The molecule has 0 aliphatic carbocycles. The number of aryl methyl sites for hydroxylation is 1. The molecule has 94 valence electrons. The number of benzene rings is 1. The molecule has 0 aliphatic heterocycles. The second kappa shape index (κ2) is 5.46. The number of amides is 1. The highest BCUT2D eigenvalue weighted by molar-refractivity contribution is 6.33. The lowest BCUT2D eigenvalue weighted by Crippen LogP contribution is -2.11. The van der Waals surface area contributed by atoms with Crippen molar-refractivity contribution in [3.8, 4) is 0 Å². The van der Waals surface area contributed by atoms with Crippen LogP contribution in [0.2, 0.25) is 5.02 Å². The average molecular weight is 284 g/mol. The summed E-state index contributed by atoms with van der Waals surface area (Å²) >= 11 is 11.6. The van der Waals surface area contributed by atoms with Gasteiger partial charge in [0, 0.05) is 0 Å². The Kier molecular flexibility index (Phi) is 3.94. The molecule has 0 saturated carbocycles. The first-order valence-electron chi connectivity index (χ1n) is 5.32. The number of anilines is 1. The van der Waals surface area contributed by atoms with Gasteiger partial charge in [0.05, 0.1) is 16.6 Å². The number of hydrogen-bond donors (Lipinski definition) is 1. The number of rotatable bonds is 3. The van der Waals surface area contributed by atoms with Crippen molar-refractivity contribution in [2.24, 2.45) is 0 Å². The standard InChI is InChI=1S/C13H11Cl2NO2/c1-8-2-4-10(15)11(6-8)16-13(17)12-5-3-9(7-14)18-12/h2-6H,7H2,1H3,(H,16,17). The zero-order valence-electron chi connectivity index (χ0n) is 9.67. The maximum absolute atomic E-state index is 11.9. The first-order chi connectivity index (χ1) is 8.60. The SMILES string of the molecule is Cc1ccc(Cl)c(NC(=O)c2ccc(CCl)o2)c1. The molecule has 0 unspecified atom stereocenters. The summed E-state index contributed by atoms with van der Waals surface area (Å²) in [4.78, 5) is 11.9. The van der Waals surface area contributed by atoms with Gasteiger partial charge in [0.15, 0.2) is 5.76 Å². The van der Waals surface area contributed by atoms with Crippen LogP contribution in [-0.2, 0) is 5.88 Å². The Hall–Kier alpha value is -1.45. The van der Waals surface area contributed by atoms with Crippen LogP contribution < -0.4 is 5.32 Å². The molecule has 1 aromatic carbocycles. The van der Waals surface area contributed by atoms with Crippen LogP contribution >= 0.6 is 23.2 Å². The van der Waals surface area contributed by atoms with Crippen LogP contribution in [0, 0.1) is 6.92 Å². The van der Waals surface area contributed by atoms with E-state index >= 15 is 0 Å². The minimum Gasteiger partial charge on any atom is -0.455 e. The van der Waals surface area contributed by atoms with Crippen molar-refractivity contribution in [1.82, 2.24) is 0 Å². The third kappa shape index (κ3) is 2.86. The fourth-order valence-corrected chi connectivity index (χ4v) is 1.80. The first kappa shape index (κ1) is 13.0. The smallest absolute Gasteiger partial charge is 0.291 e. The molecule has 1 amide bonds. The van der Waals surface area contributed by atoms with Gasteiger partial charge in [-0.1, -0.05) is 17.7 Å². The van der Waals surface area contributed by atoms with Gasteiger partial charge in [-0.2, -0.15) is 0 Å². The molecule has 0 atom stereocenters. The minimum absolute atomic E-state index is 0.211. The van der Waals surface area contributed by atoms with Crippen LogP contribution in [0.3, 0.4) is 0 Å². The second-order valence-corrected chi connectivity index (χ2v) is 4.51. The molecule has 0 spiro atoms. The molecule has 2 aromatic rings. The highest BCUT2D eigenvalue weighted by Crippen LogP contribution is 2.23. The fraction of sp³-hybridized carbons (Fsp3) is 0.154. The van der Waals surface area contributed by atoms with Crippen LogP contribution in [0.5, 0.6) is 0 Å². The zero-order chi connectivity index (χ0) is 13.1. The van der Waals surface area contributed by atoms with Gasteiger partial charge in [-0.15, -0.1) is 11.6 Å². The summed E-state index contributed by atoms with van der Waals surface area (Å²) in [6.07, 6.45) is 0. The summed E-state index contributed by atoms with van der Waals surface area (Å²) in [5.41, 5.74) is 1.57. The van der Waals surface area contributed by atoms with Gasteiger partial charge >= 0.3 is 0 Å². The Balaban J connectivity index is 2.18. The number of alkyl halides is 1. The third-order valence-corrected chi connectivity index (χ3v) is 2.98. The molecule has 5 heteroatoms. The van der Waals surface area contributed by atoms with Gasteiger partial charge < -0.3 is 9.73 Å². The van der Waals surface area contributed by atoms with E-state index in [-0.39, 0.29) is 17.5 Å². The normalized spacial score (nSPS) is 10.4. The van der Waals surface area contributed by atoms with Crippen LogP contribution in [-0.4, -0.2) is 5.91 Å². The molecule has 0 fully saturated rings. The lowest BCUT2D eigenvalue weighted by atomic mass is 10.2. The summed E-state index contributed by atoms with van der Waals surface area (Å²) in [6.45, 7) is 1.92. The first-order valence-corrected chi connectivity index (χ1v) is 6.23. The Morgan fingerprint density at radius 2 is 2.11 bits per heavy atom. The molecule has 1 heterocycles. The Morgan fingerprint density at radius 1 is 1.33 bits per heavy atom. The van der Waals surface area contributed by atoms with Gasteiger partial charge in [0.2, 0.25) is 0 Å². The highest BCUT2D eigenvalue weighted by Gasteiger charge is 2.12. The lowest BCUT2D eigenvalue weighted by molar-refractivity contribution is 0.0995. The number of carbonyl (C=O) groups excluding carboxylic acids is 1. The molecule has 0 saturated heterocycles. The lowest BCUT2D eigenvalue weighted by Gasteiger charge is -2.06. The number of carbonyl (C=O) groups is 1. The van der Waals surface area contributed by atoms with E-state index in [1.807, 2.05) is 13.0 Å². The summed E-state index contributed by atoms with van der Waals surface area (Å²) in [6, 6.07) is 8.65. The predicted molar refractivity (Wildman–Crippen MR) is 72.4 cm³/mol. The molecular weight excluding hydrogens is 273 g/mol. The average Bonchev–Trinajstić information content (AvgIpc) is 2.82. The zero-order valence-corrected chi connectivity index (χ0v) is 11.2. The van der Waals surface area contributed by atoms with Gasteiger partial charge in [0.1, 0.15) is 5.76 Å². The molecule has 2 rings (SSSR count). The van der Waals surface area contributed by atoms with E-state index in [1.54, 1.807) is 24.3 Å². The topological polar surface area (TPSA) is 42.2 Å². The Bertz CT molecular complexity index is 578. The number of furan rings is 1.